The number of hydrogen-bond acceptors (Lipinski definition) is 6. The van der Waals surface area contributed by atoms with Gasteiger partial charge in [0.15, 0.2) is 5.78 Å². The fraction of sp³-hybridized carbons (Fsp3) is 0.318. The monoisotopic (exact) mass is 404 g/mol. The molecule has 8 heteroatoms. The normalized spacial score (nSPS) is 14.5. The van der Waals surface area contributed by atoms with Crippen molar-refractivity contribution in [2.75, 3.05) is 23.3 Å². The first kappa shape index (κ1) is 19.8. The molecule has 0 spiro atoms. The Labute approximate surface area is 175 Å². The van der Waals surface area contributed by atoms with Crippen LogP contribution in [0.5, 0.6) is 0 Å². The molecule has 0 bridgehead atoms. The maximum Gasteiger partial charge on any atom is 0.227 e. The molecule has 0 radical (unpaired) electrons. The van der Waals surface area contributed by atoms with Crippen LogP contribution in [0.25, 0.3) is 5.82 Å². The quantitative estimate of drug-likeness (QED) is 0.657. The van der Waals surface area contributed by atoms with Gasteiger partial charge in [0.05, 0.1) is 0 Å². The van der Waals surface area contributed by atoms with E-state index < -0.39 is 0 Å². The lowest BCUT2D eigenvalue weighted by Gasteiger charge is -2.32. The van der Waals surface area contributed by atoms with E-state index >= 15 is 0 Å². The number of carbonyl (C=O) groups is 2. The summed E-state index contributed by atoms with van der Waals surface area (Å²) in [4.78, 5) is 39.2. The van der Waals surface area contributed by atoms with Crippen molar-refractivity contribution >= 4 is 23.2 Å². The van der Waals surface area contributed by atoms with Crippen molar-refractivity contribution in [1.29, 1.82) is 0 Å². The van der Waals surface area contributed by atoms with Crippen molar-refractivity contribution in [3.8, 4) is 5.82 Å². The topological polar surface area (TPSA) is 93.0 Å². The number of hydrogen-bond donors (Lipinski definition) is 1. The van der Waals surface area contributed by atoms with Gasteiger partial charge in [0.25, 0.3) is 0 Å². The fourth-order valence-electron chi connectivity index (χ4n) is 3.67. The van der Waals surface area contributed by atoms with Crippen LogP contribution in [0.4, 0.5) is 11.5 Å². The molecule has 4 rings (SSSR count). The zero-order chi connectivity index (χ0) is 21.1. The summed E-state index contributed by atoms with van der Waals surface area (Å²) < 4.78 is 1.92. The minimum atomic E-state index is -0.0501. The van der Waals surface area contributed by atoms with Gasteiger partial charge in [-0.15, -0.1) is 0 Å². The average molecular weight is 404 g/mol. The number of amides is 1. The smallest absolute Gasteiger partial charge is 0.227 e. The predicted molar refractivity (Wildman–Crippen MR) is 114 cm³/mol. The summed E-state index contributed by atoms with van der Waals surface area (Å²) in [5.41, 5.74) is 1.35. The number of ketones is 1. The van der Waals surface area contributed by atoms with E-state index in [2.05, 4.69) is 25.2 Å². The first-order chi connectivity index (χ1) is 14.5. The lowest BCUT2D eigenvalue weighted by Crippen LogP contribution is -2.38. The van der Waals surface area contributed by atoms with E-state index in [9.17, 15) is 9.59 Å². The number of aromatic nitrogens is 4. The number of anilines is 2. The number of benzene rings is 1. The molecule has 8 nitrogen and oxygen atoms in total. The van der Waals surface area contributed by atoms with Gasteiger partial charge in [-0.2, -0.15) is 0 Å². The largest absolute Gasteiger partial charge is 0.356 e. The van der Waals surface area contributed by atoms with E-state index in [1.54, 1.807) is 36.8 Å². The maximum atomic E-state index is 12.6. The van der Waals surface area contributed by atoms with Crippen LogP contribution in [0.2, 0.25) is 0 Å². The second-order valence-electron chi connectivity index (χ2n) is 7.46. The van der Waals surface area contributed by atoms with Crippen molar-refractivity contribution in [2.45, 2.75) is 26.7 Å². The Bertz CT molecular complexity index is 1050. The van der Waals surface area contributed by atoms with Crippen LogP contribution >= 0.6 is 0 Å². The van der Waals surface area contributed by atoms with E-state index in [0.717, 1.165) is 43.4 Å². The Morgan fingerprint density at radius 1 is 1.03 bits per heavy atom. The summed E-state index contributed by atoms with van der Waals surface area (Å²) in [5, 5.41) is 2.96. The third kappa shape index (κ3) is 4.22. The van der Waals surface area contributed by atoms with Crippen LogP contribution in [0.3, 0.4) is 0 Å². The highest BCUT2D eigenvalue weighted by molar-refractivity contribution is 5.96. The molecule has 1 aromatic carbocycles. The first-order valence-electron chi connectivity index (χ1n) is 10.0. The Kier molecular flexibility index (Phi) is 5.56. The van der Waals surface area contributed by atoms with E-state index in [1.807, 2.05) is 23.8 Å². The number of imidazole rings is 1. The molecule has 0 atom stereocenters. The summed E-state index contributed by atoms with van der Waals surface area (Å²) in [6.45, 7) is 4.96. The Morgan fingerprint density at radius 3 is 2.37 bits per heavy atom. The lowest BCUT2D eigenvalue weighted by atomic mass is 9.95. The van der Waals surface area contributed by atoms with E-state index in [4.69, 9.17) is 0 Å². The van der Waals surface area contributed by atoms with Crippen LogP contribution in [-0.4, -0.2) is 44.3 Å². The molecule has 1 N–H and O–H groups in total. The zero-order valence-corrected chi connectivity index (χ0v) is 17.1. The third-order valence-electron chi connectivity index (χ3n) is 5.46. The van der Waals surface area contributed by atoms with Gasteiger partial charge < -0.3 is 10.2 Å². The van der Waals surface area contributed by atoms with Crippen LogP contribution in [-0.2, 0) is 4.79 Å². The Morgan fingerprint density at radius 2 is 1.73 bits per heavy atom. The zero-order valence-electron chi connectivity index (χ0n) is 17.1. The number of Topliss-reactive ketones (excluding diaryl/α,β-unsaturated/α-hetero) is 1. The summed E-state index contributed by atoms with van der Waals surface area (Å²) in [5.74, 6) is 2.48. The van der Waals surface area contributed by atoms with Crippen LogP contribution in [0.15, 0.2) is 49.1 Å². The van der Waals surface area contributed by atoms with Gasteiger partial charge in [-0.25, -0.2) is 15.0 Å². The molecule has 0 aliphatic carbocycles. The summed E-state index contributed by atoms with van der Waals surface area (Å²) >= 11 is 0. The van der Waals surface area contributed by atoms with E-state index in [-0.39, 0.29) is 17.6 Å². The van der Waals surface area contributed by atoms with Crippen LogP contribution in [0.1, 0.15) is 35.9 Å². The van der Waals surface area contributed by atoms with Gasteiger partial charge in [-0.3, -0.25) is 14.2 Å². The highest BCUT2D eigenvalue weighted by Crippen LogP contribution is 2.24. The molecule has 0 unspecified atom stereocenters. The van der Waals surface area contributed by atoms with Gasteiger partial charge >= 0.3 is 0 Å². The highest BCUT2D eigenvalue weighted by atomic mass is 16.2. The maximum absolute atomic E-state index is 12.6. The first-order valence-corrected chi connectivity index (χ1v) is 10.0. The van der Waals surface area contributed by atoms with Gasteiger partial charge in [0.2, 0.25) is 5.91 Å². The van der Waals surface area contributed by atoms with E-state index in [1.165, 1.54) is 6.92 Å². The average Bonchev–Trinajstić information content (AvgIpc) is 3.20. The van der Waals surface area contributed by atoms with Crippen molar-refractivity contribution in [3.63, 3.8) is 0 Å². The van der Waals surface area contributed by atoms with Crippen molar-refractivity contribution in [3.05, 3.63) is 60.4 Å². The molecule has 1 aliphatic heterocycles. The second kappa shape index (κ2) is 8.44. The number of nitrogens with one attached hydrogen (secondary N) is 1. The molecule has 3 heterocycles. The summed E-state index contributed by atoms with van der Waals surface area (Å²) in [7, 11) is 0. The summed E-state index contributed by atoms with van der Waals surface area (Å²) in [6.07, 6.45) is 6.69. The number of nitrogens with zero attached hydrogens (tertiary/aromatic N) is 5. The Balaban J connectivity index is 1.36. The van der Waals surface area contributed by atoms with Gasteiger partial charge in [-0.1, -0.05) is 0 Å². The molecule has 2 aromatic heterocycles. The van der Waals surface area contributed by atoms with Crippen LogP contribution in [0, 0.1) is 12.8 Å². The molecule has 154 valence electrons. The van der Waals surface area contributed by atoms with Crippen molar-refractivity contribution in [1.82, 2.24) is 19.5 Å². The molecule has 0 saturated carbocycles. The highest BCUT2D eigenvalue weighted by Gasteiger charge is 2.26. The number of aryl methyl sites for hydroxylation is 1. The molecule has 1 aliphatic rings. The minimum Gasteiger partial charge on any atom is -0.356 e. The fourth-order valence-corrected chi connectivity index (χ4v) is 3.67. The number of rotatable bonds is 5. The SMILES string of the molecule is CC(=O)c1ccc(NC(=O)C2CCN(c3cc(-n4ccnc4C)ncn3)CC2)cc1. The number of piperidine rings is 1. The molecule has 30 heavy (non-hydrogen) atoms. The van der Waals surface area contributed by atoms with Crippen molar-refractivity contribution in [2.24, 2.45) is 5.92 Å². The van der Waals surface area contributed by atoms with Gasteiger partial charge in [0.1, 0.15) is 23.8 Å². The van der Waals surface area contributed by atoms with Crippen LogP contribution < -0.4 is 10.2 Å². The third-order valence-corrected chi connectivity index (χ3v) is 5.46. The Hall–Kier alpha value is -3.55. The molecule has 1 amide bonds. The second-order valence-corrected chi connectivity index (χ2v) is 7.46. The van der Waals surface area contributed by atoms with Gasteiger partial charge in [0, 0.05) is 48.7 Å². The standard InChI is InChI=1S/C22H24N6O2/c1-15(29)17-3-5-19(6-4-17)26-22(30)18-7-10-27(11-8-18)20-13-21(25-14-24-20)28-12-9-23-16(28)2/h3-6,9,12-14,18H,7-8,10-11H2,1-2H3,(H,26,30). The number of carbonyl (C=O) groups excluding carboxylic acids is 2. The molecule has 3 aromatic rings. The molecule has 1 fully saturated rings. The minimum absolute atomic E-state index is 0.0105. The van der Waals surface area contributed by atoms with Crippen molar-refractivity contribution < 1.29 is 9.59 Å². The molecular weight excluding hydrogens is 380 g/mol. The molecule has 1 saturated heterocycles. The molecular formula is C22H24N6O2. The summed E-state index contributed by atoms with van der Waals surface area (Å²) in [6, 6.07) is 8.95. The van der Waals surface area contributed by atoms with E-state index in [0.29, 0.717) is 11.3 Å². The lowest BCUT2D eigenvalue weighted by molar-refractivity contribution is -0.120. The van der Waals surface area contributed by atoms with Gasteiger partial charge in [-0.05, 0) is 51.0 Å². The predicted octanol–water partition coefficient (Wildman–Crippen LogP) is 3.03.